The lowest BCUT2D eigenvalue weighted by molar-refractivity contribution is -0.384. The maximum atomic E-state index is 10.8. The Labute approximate surface area is 177 Å². The Bertz CT molecular complexity index is 1170. The number of hydrogen-bond donors (Lipinski definition) is 0. The number of thioether (sulfide) groups is 1. The van der Waals surface area contributed by atoms with Crippen LogP contribution in [0.5, 0.6) is 5.75 Å². The van der Waals surface area contributed by atoms with E-state index in [1.54, 1.807) is 18.3 Å². The molecular weight excluding hydrogens is 402 g/mol. The highest BCUT2D eigenvalue weighted by Gasteiger charge is 2.13. The van der Waals surface area contributed by atoms with Gasteiger partial charge in [0, 0.05) is 36.0 Å². The quantitative estimate of drug-likeness (QED) is 0.232. The van der Waals surface area contributed by atoms with Gasteiger partial charge in [-0.2, -0.15) is 0 Å². The van der Waals surface area contributed by atoms with E-state index >= 15 is 0 Å². The lowest BCUT2D eigenvalue weighted by Gasteiger charge is -2.10. The van der Waals surface area contributed by atoms with Crippen LogP contribution < -0.4 is 4.74 Å². The fourth-order valence-corrected chi connectivity index (χ4v) is 4.02. The van der Waals surface area contributed by atoms with Crippen molar-refractivity contribution in [2.45, 2.75) is 31.0 Å². The van der Waals surface area contributed by atoms with E-state index in [2.05, 4.69) is 15.2 Å². The van der Waals surface area contributed by atoms with Gasteiger partial charge in [-0.1, -0.05) is 42.1 Å². The van der Waals surface area contributed by atoms with Crippen LogP contribution in [0.2, 0.25) is 0 Å². The van der Waals surface area contributed by atoms with Crippen LogP contribution >= 0.6 is 11.8 Å². The molecule has 9 heteroatoms. The smallest absolute Gasteiger partial charge is 0.269 e. The summed E-state index contributed by atoms with van der Waals surface area (Å²) in [6.07, 6.45) is 1.75. The van der Waals surface area contributed by atoms with Crippen LogP contribution in [0.15, 0.2) is 66.0 Å². The third-order valence-corrected chi connectivity index (χ3v) is 5.62. The Morgan fingerprint density at radius 1 is 1.10 bits per heavy atom. The number of benzene rings is 2. The van der Waals surface area contributed by atoms with Gasteiger partial charge in [-0.25, -0.2) is 0 Å². The number of para-hydroxylation sites is 1. The topological polar surface area (TPSA) is 96.0 Å². The molecule has 0 bridgehead atoms. The van der Waals surface area contributed by atoms with Crippen LogP contribution in [0.1, 0.15) is 18.3 Å². The maximum Gasteiger partial charge on any atom is 0.269 e. The molecule has 0 N–H and O–H groups in total. The normalized spacial score (nSPS) is 11.0. The third-order valence-electron chi connectivity index (χ3n) is 4.58. The molecule has 0 unspecified atom stereocenters. The monoisotopic (exact) mass is 421 g/mol. The van der Waals surface area contributed by atoms with Crippen LogP contribution in [-0.2, 0) is 18.9 Å². The first-order chi connectivity index (χ1) is 14.7. The Balaban J connectivity index is 1.45. The SMILES string of the molecule is CCn1c(COc2cccc3cccnc23)nnc1SCc1ccc([N+](=O)[O-])cc1. The van der Waals surface area contributed by atoms with Crippen molar-refractivity contribution in [3.05, 3.63) is 82.3 Å². The van der Waals surface area contributed by atoms with Gasteiger partial charge in [0.15, 0.2) is 11.0 Å². The maximum absolute atomic E-state index is 10.8. The first-order valence-corrected chi connectivity index (χ1v) is 10.4. The summed E-state index contributed by atoms with van der Waals surface area (Å²) in [5.41, 5.74) is 1.88. The average Bonchev–Trinajstić information content (AvgIpc) is 3.18. The fourth-order valence-electron chi connectivity index (χ4n) is 3.05. The highest BCUT2D eigenvalue weighted by Crippen LogP contribution is 2.26. The second kappa shape index (κ2) is 8.91. The Hall–Kier alpha value is -3.46. The van der Waals surface area contributed by atoms with Crippen molar-refractivity contribution in [2.75, 3.05) is 0 Å². The summed E-state index contributed by atoms with van der Waals surface area (Å²) in [5, 5.41) is 21.2. The molecular formula is C21H19N5O3S. The van der Waals surface area contributed by atoms with E-state index in [0.29, 0.717) is 18.0 Å². The van der Waals surface area contributed by atoms with Crippen molar-refractivity contribution >= 4 is 28.4 Å². The van der Waals surface area contributed by atoms with Crippen LogP contribution in [0.4, 0.5) is 5.69 Å². The minimum absolute atomic E-state index is 0.0860. The van der Waals surface area contributed by atoms with Gasteiger partial charge in [0.1, 0.15) is 17.9 Å². The number of nitro benzene ring substituents is 1. The van der Waals surface area contributed by atoms with Gasteiger partial charge in [-0.3, -0.25) is 15.1 Å². The number of nitro groups is 1. The van der Waals surface area contributed by atoms with E-state index in [-0.39, 0.29) is 12.3 Å². The molecule has 4 aromatic rings. The molecule has 4 rings (SSSR count). The largest absolute Gasteiger partial charge is 0.483 e. The predicted molar refractivity (Wildman–Crippen MR) is 114 cm³/mol. The number of hydrogen-bond acceptors (Lipinski definition) is 7. The lowest BCUT2D eigenvalue weighted by Crippen LogP contribution is -2.07. The zero-order valence-corrected chi connectivity index (χ0v) is 17.1. The van der Waals surface area contributed by atoms with Gasteiger partial charge in [0.2, 0.25) is 0 Å². The second-order valence-corrected chi connectivity index (χ2v) is 7.42. The van der Waals surface area contributed by atoms with E-state index in [0.717, 1.165) is 27.4 Å². The van der Waals surface area contributed by atoms with Gasteiger partial charge in [-0.15, -0.1) is 10.2 Å². The van der Waals surface area contributed by atoms with Crippen LogP contribution in [0.3, 0.4) is 0 Å². The zero-order valence-electron chi connectivity index (χ0n) is 16.3. The summed E-state index contributed by atoms with van der Waals surface area (Å²) >= 11 is 1.54. The molecule has 152 valence electrons. The van der Waals surface area contributed by atoms with Crippen molar-refractivity contribution in [1.29, 1.82) is 0 Å². The summed E-state index contributed by atoms with van der Waals surface area (Å²) in [5.74, 6) is 2.08. The van der Waals surface area contributed by atoms with Gasteiger partial charge >= 0.3 is 0 Å². The number of ether oxygens (including phenoxy) is 1. The first-order valence-electron chi connectivity index (χ1n) is 9.40. The predicted octanol–water partition coefficient (Wildman–Crippen LogP) is 4.63. The molecule has 8 nitrogen and oxygen atoms in total. The highest BCUT2D eigenvalue weighted by molar-refractivity contribution is 7.98. The molecule has 0 atom stereocenters. The number of aromatic nitrogens is 4. The van der Waals surface area contributed by atoms with Crippen molar-refractivity contribution in [3.8, 4) is 5.75 Å². The van der Waals surface area contributed by atoms with E-state index in [9.17, 15) is 10.1 Å². The van der Waals surface area contributed by atoms with Gasteiger partial charge in [-0.05, 0) is 24.6 Å². The van der Waals surface area contributed by atoms with Gasteiger partial charge in [0.05, 0.1) is 4.92 Å². The molecule has 0 saturated heterocycles. The van der Waals surface area contributed by atoms with Gasteiger partial charge in [0.25, 0.3) is 5.69 Å². The van der Waals surface area contributed by atoms with E-state index < -0.39 is 4.92 Å². The summed E-state index contributed by atoms with van der Waals surface area (Å²) in [7, 11) is 0. The Kier molecular flexibility index (Phi) is 5.89. The molecule has 2 heterocycles. The van der Waals surface area contributed by atoms with Gasteiger partial charge < -0.3 is 9.30 Å². The molecule has 30 heavy (non-hydrogen) atoms. The number of non-ortho nitro benzene ring substituents is 1. The summed E-state index contributed by atoms with van der Waals surface area (Å²) in [4.78, 5) is 14.8. The number of pyridine rings is 1. The number of fused-ring (bicyclic) bond motifs is 1. The van der Waals surface area contributed by atoms with E-state index in [1.807, 2.05) is 41.8 Å². The van der Waals surface area contributed by atoms with Crippen molar-refractivity contribution in [2.24, 2.45) is 0 Å². The van der Waals surface area contributed by atoms with Crippen LogP contribution in [0.25, 0.3) is 10.9 Å². The molecule has 0 aliphatic rings. The molecule has 0 aliphatic carbocycles. The number of nitrogens with zero attached hydrogens (tertiary/aromatic N) is 5. The molecule has 2 aromatic heterocycles. The summed E-state index contributed by atoms with van der Waals surface area (Å²) in [6, 6.07) is 16.3. The van der Waals surface area contributed by atoms with Crippen molar-refractivity contribution in [3.63, 3.8) is 0 Å². The molecule has 0 saturated carbocycles. The van der Waals surface area contributed by atoms with Crippen LogP contribution in [0, 0.1) is 10.1 Å². The molecule has 0 spiro atoms. The molecule has 0 aliphatic heterocycles. The van der Waals surface area contributed by atoms with Crippen LogP contribution in [-0.4, -0.2) is 24.7 Å². The molecule has 0 radical (unpaired) electrons. The Morgan fingerprint density at radius 3 is 2.67 bits per heavy atom. The molecule has 2 aromatic carbocycles. The van der Waals surface area contributed by atoms with Crippen molar-refractivity contribution < 1.29 is 9.66 Å². The Morgan fingerprint density at radius 2 is 1.90 bits per heavy atom. The summed E-state index contributed by atoms with van der Waals surface area (Å²) < 4.78 is 8.01. The standard InChI is InChI=1S/C21H19N5O3S/c1-2-25-19(13-29-18-7-3-5-16-6-4-12-22-20(16)18)23-24-21(25)30-14-15-8-10-17(11-9-15)26(27)28/h3-12H,2,13-14H2,1H3. The highest BCUT2D eigenvalue weighted by atomic mass is 32.2. The third kappa shape index (κ3) is 4.25. The van der Waals surface area contributed by atoms with E-state index in [4.69, 9.17) is 4.74 Å². The first kappa shape index (κ1) is 19.8. The van der Waals surface area contributed by atoms with Crippen molar-refractivity contribution in [1.82, 2.24) is 19.7 Å². The fraction of sp³-hybridized carbons (Fsp3) is 0.190. The molecule has 0 amide bonds. The minimum Gasteiger partial charge on any atom is -0.483 e. The number of rotatable bonds is 8. The molecule has 0 fully saturated rings. The minimum atomic E-state index is -0.400. The zero-order chi connectivity index (χ0) is 20.9. The van der Waals surface area contributed by atoms with E-state index in [1.165, 1.54) is 23.9 Å². The summed E-state index contributed by atoms with van der Waals surface area (Å²) in [6.45, 7) is 3.03. The lowest BCUT2D eigenvalue weighted by atomic mass is 10.2. The average molecular weight is 421 g/mol. The second-order valence-electron chi connectivity index (χ2n) is 6.48.